The lowest BCUT2D eigenvalue weighted by Crippen LogP contribution is -2.26. The highest BCUT2D eigenvalue weighted by molar-refractivity contribution is 5.98. The molecule has 0 spiro atoms. The number of rotatable bonds is 7. The summed E-state index contributed by atoms with van der Waals surface area (Å²) in [6, 6.07) is 15.2. The van der Waals surface area contributed by atoms with E-state index in [1.54, 1.807) is 13.0 Å². The highest BCUT2D eigenvalue weighted by atomic mass is 16.5. The molecule has 3 N–H and O–H groups in total. The molecule has 0 fully saturated rings. The fourth-order valence-corrected chi connectivity index (χ4v) is 3.69. The minimum atomic E-state index is -0.553. The molecule has 5 aromatic rings. The Morgan fingerprint density at radius 2 is 1.91 bits per heavy atom. The fraction of sp³-hybridized carbons (Fsp3) is 0.154. The quantitative estimate of drug-likeness (QED) is 0.303. The molecule has 0 saturated heterocycles. The number of H-pyrrole nitrogens is 1. The predicted molar refractivity (Wildman–Crippen MR) is 133 cm³/mol. The SMILES string of the molecule is COC(C)C(=O)Nc1ccc2ncnc(Nc3ccc(Oc4cc[n+]5cc[nH]c5c4)c(C)c3)c2c1. The van der Waals surface area contributed by atoms with Crippen molar-refractivity contribution in [1.82, 2.24) is 15.0 Å². The van der Waals surface area contributed by atoms with E-state index in [9.17, 15) is 4.79 Å². The van der Waals surface area contributed by atoms with Gasteiger partial charge in [-0.05, 0) is 55.8 Å². The van der Waals surface area contributed by atoms with Crippen LogP contribution in [0.15, 0.2) is 73.4 Å². The van der Waals surface area contributed by atoms with Crippen LogP contribution in [-0.2, 0) is 9.53 Å². The average Bonchev–Trinajstić information content (AvgIpc) is 3.33. The van der Waals surface area contributed by atoms with E-state index in [1.807, 2.05) is 72.4 Å². The molecule has 1 atom stereocenters. The number of fused-ring (bicyclic) bond motifs is 2. The molecule has 0 bridgehead atoms. The summed E-state index contributed by atoms with van der Waals surface area (Å²) in [7, 11) is 1.50. The largest absolute Gasteiger partial charge is 0.457 e. The van der Waals surface area contributed by atoms with E-state index >= 15 is 0 Å². The lowest BCUT2D eigenvalue weighted by molar-refractivity contribution is -0.510. The number of nitrogens with zero attached hydrogens (tertiary/aromatic N) is 3. The average molecular weight is 470 g/mol. The Kier molecular flexibility index (Phi) is 5.99. The van der Waals surface area contributed by atoms with Crippen LogP contribution in [0.25, 0.3) is 16.6 Å². The standard InChI is InChI=1S/C26H24N6O3/c1-16-12-18(5-7-23(16)35-20-8-10-32-11-9-27-24(32)14-20)30-25-21-13-19(31-26(33)17(2)34-3)4-6-22(21)28-15-29-25/h4-15,17H,1-3H3,(H2,28,29,30,31,33)/p+1. The lowest BCUT2D eigenvalue weighted by atomic mass is 10.1. The van der Waals surface area contributed by atoms with Gasteiger partial charge in [0.15, 0.2) is 0 Å². The molecule has 35 heavy (non-hydrogen) atoms. The van der Waals surface area contributed by atoms with Crippen molar-refractivity contribution in [2.24, 2.45) is 0 Å². The van der Waals surface area contributed by atoms with Crippen LogP contribution in [0, 0.1) is 6.92 Å². The number of carbonyl (C=O) groups excluding carboxylic acids is 1. The molecule has 176 valence electrons. The van der Waals surface area contributed by atoms with Gasteiger partial charge in [0.2, 0.25) is 0 Å². The zero-order valence-electron chi connectivity index (χ0n) is 19.6. The van der Waals surface area contributed by atoms with Crippen molar-refractivity contribution < 1.29 is 18.7 Å². The Morgan fingerprint density at radius 3 is 2.74 bits per heavy atom. The zero-order valence-corrected chi connectivity index (χ0v) is 19.6. The summed E-state index contributed by atoms with van der Waals surface area (Å²) in [5, 5.41) is 7.00. The molecular weight excluding hydrogens is 444 g/mol. The van der Waals surface area contributed by atoms with Crippen molar-refractivity contribution in [3.63, 3.8) is 0 Å². The Balaban J connectivity index is 1.37. The molecule has 0 aliphatic heterocycles. The minimum Gasteiger partial charge on any atom is -0.457 e. The van der Waals surface area contributed by atoms with Crippen LogP contribution < -0.4 is 19.8 Å². The van der Waals surface area contributed by atoms with E-state index < -0.39 is 6.10 Å². The van der Waals surface area contributed by atoms with Crippen LogP contribution >= 0.6 is 0 Å². The van der Waals surface area contributed by atoms with Gasteiger partial charge in [-0.3, -0.25) is 4.79 Å². The van der Waals surface area contributed by atoms with Crippen molar-refractivity contribution in [3.8, 4) is 11.5 Å². The smallest absolute Gasteiger partial charge is 0.287 e. The molecule has 2 aromatic carbocycles. The maximum Gasteiger partial charge on any atom is 0.287 e. The Hall–Kier alpha value is -4.50. The van der Waals surface area contributed by atoms with Crippen LogP contribution in [0.1, 0.15) is 12.5 Å². The summed E-state index contributed by atoms with van der Waals surface area (Å²) in [6.07, 6.45) is 6.72. The number of methoxy groups -OCH3 is 1. The first-order valence-electron chi connectivity index (χ1n) is 11.1. The van der Waals surface area contributed by atoms with Crippen molar-refractivity contribution >= 4 is 39.6 Å². The lowest BCUT2D eigenvalue weighted by Gasteiger charge is -2.14. The number of amides is 1. The highest BCUT2D eigenvalue weighted by Gasteiger charge is 2.13. The summed E-state index contributed by atoms with van der Waals surface area (Å²) in [4.78, 5) is 24.1. The number of nitrogens with one attached hydrogen (secondary N) is 3. The van der Waals surface area contributed by atoms with Crippen LogP contribution in [-0.4, -0.2) is 34.1 Å². The maximum atomic E-state index is 12.2. The van der Waals surface area contributed by atoms with E-state index in [-0.39, 0.29) is 5.91 Å². The van der Waals surface area contributed by atoms with Gasteiger partial charge in [-0.15, -0.1) is 0 Å². The van der Waals surface area contributed by atoms with Gasteiger partial charge in [0.05, 0.1) is 17.8 Å². The Morgan fingerprint density at radius 1 is 1.06 bits per heavy atom. The molecule has 9 nitrogen and oxygen atoms in total. The molecule has 0 aliphatic rings. The van der Waals surface area contributed by atoms with Crippen LogP contribution in [0.2, 0.25) is 0 Å². The van der Waals surface area contributed by atoms with Gasteiger partial charge < -0.3 is 20.1 Å². The second kappa shape index (κ2) is 9.40. The molecule has 0 saturated carbocycles. The molecule has 0 radical (unpaired) electrons. The molecule has 0 aliphatic carbocycles. The molecule has 5 rings (SSSR count). The zero-order chi connectivity index (χ0) is 24.4. The molecule has 3 aromatic heterocycles. The van der Waals surface area contributed by atoms with Gasteiger partial charge in [-0.2, -0.15) is 0 Å². The summed E-state index contributed by atoms with van der Waals surface area (Å²) < 4.78 is 13.2. The van der Waals surface area contributed by atoms with Crippen molar-refractivity contribution in [1.29, 1.82) is 0 Å². The summed E-state index contributed by atoms with van der Waals surface area (Å²) >= 11 is 0. The van der Waals surface area contributed by atoms with E-state index in [2.05, 4.69) is 25.6 Å². The summed E-state index contributed by atoms with van der Waals surface area (Å²) in [6.45, 7) is 3.69. The van der Waals surface area contributed by atoms with Gasteiger partial charge >= 0.3 is 0 Å². The monoisotopic (exact) mass is 469 g/mol. The number of ether oxygens (including phenoxy) is 2. The number of aryl methyl sites for hydroxylation is 1. The number of anilines is 3. The van der Waals surface area contributed by atoms with Crippen LogP contribution in [0.4, 0.5) is 17.2 Å². The number of aromatic nitrogens is 4. The third-order valence-corrected chi connectivity index (χ3v) is 5.71. The summed E-state index contributed by atoms with van der Waals surface area (Å²) in [5.74, 6) is 1.92. The molecular formula is C26H25N6O3+. The summed E-state index contributed by atoms with van der Waals surface area (Å²) in [5.41, 5.74) is 4.17. The van der Waals surface area contributed by atoms with Crippen LogP contribution in [0.3, 0.4) is 0 Å². The van der Waals surface area contributed by atoms with Crippen molar-refractivity contribution in [2.45, 2.75) is 20.0 Å². The third kappa shape index (κ3) is 4.75. The van der Waals surface area contributed by atoms with Gasteiger partial charge in [0.1, 0.15) is 42.1 Å². The molecule has 9 heteroatoms. The number of aromatic amines is 1. The fourth-order valence-electron chi connectivity index (χ4n) is 3.69. The van der Waals surface area contributed by atoms with Gasteiger partial charge in [0.25, 0.3) is 11.6 Å². The number of carbonyl (C=O) groups is 1. The van der Waals surface area contributed by atoms with E-state index in [4.69, 9.17) is 9.47 Å². The maximum absolute atomic E-state index is 12.2. The van der Waals surface area contributed by atoms with Crippen molar-refractivity contribution in [3.05, 3.63) is 79.0 Å². The van der Waals surface area contributed by atoms with Gasteiger partial charge in [-0.1, -0.05) is 0 Å². The van der Waals surface area contributed by atoms with E-state index in [0.717, 1.165) is 39.3 Å². The van der Waals surface area contributed by atoms with Gasteiger partial charge in [0, 0.05) is 29.9 Å². The molecule has 1 amide bonds. The number of hydrogen-bond donors (Lipinski definition) is 3. The Labute approximate surface area is 201 Å². The molecule has 1 unspecified atom stereocenters. The predicted octanol–water partition coefficient (Wildman–Crippen LogP) is 4.51. The van der Waals surface area contributed by atoms with Crippen LogP contribution in [0.5, 0.6) is 11.5 Å². The third-order valence-electron chi connectivity index (χ3n) is 5.71. The van der Waals surface area contributed by atoms with Crippen molar-refractivity contribution in [2.75, 3.05) is 17.7 Å². The Bertz CT molecular complexity index is 1530. The second-order valence-corrected chi connectivity index (χ2v) is 8.14. The topological polar surface area (TPSA) is 105 Å². The first-order chi connectivity index (χ1) is 17.0. The minimum absolute atomic E-state index is 0.224. The number of hydrogen-bond acceptors (Lipinski definition) is 6. The van der Waals surface area contributed by atoms with Gasteiger partial charge in [-0.25, -0.2) is 19.4 Å². The van der Waals surface area contributed by atoms with E-state index in [0.29, 0.717) is 11.5 Å². The number of benzene rings is 2. The highest BCUT2D eigenvalue weighted by Crippen LogP contribution is 2.30. The first kappa shape index (κ1) is 22.3. The molecule has 3 heterocycles. The number of pyridine rings is 1. The first-order valence-corrected chi connectivity index (χ1v) is 11.1. The number of imidazole rings is 1. The van der Waals surface area contributed by atoms with E-state index in [1.165, 1.54) is 13.4 Å². The second-order valence-electron chi connectivity index (χ2n) is 8.14. The normalized spacial score (nSPS) is 12.0.